The molecular formula is C17H12N2OS. The van der Waals surface area contributed by atoms with Gasteiger partial charge in [-0.05, 0) is 24.6 Å². The van der Waals surface area contributed by atoms with Crippen molar-refractivity contribution in [3.63, 3.8) is 0 Å². The molecule has 0 saturated carbocycles. The van der Waals surface area contributed by atoms with Crippen LogP contribution in [0.4, 0.5) is 0 Å². The molecule has 0 amide bonds. The molecule has 0 saturated heterocycles. The third-order valence-corrected chi connectivity index (χ3v) is 4.57. The van der Waals surface area contributed by atoms with E-state index in [0.717, 1.165) is 26.6 Å². The summed E-state index contributed by atoms with van der Waals surface area (Å²) in [5.41, 5.74) is 3.00. The molecule has 0 unspecified atom stereocenters. The maximum atomic E-state index is 12.1. The summed E-state index contributed by atoms with van der Waals surface area (Å²) in [6.45, 7) is 2.07. The van der Waals surface area contributed by atoms with Crippen LogP contribution in [0.5, 0.6) is 0 Å². The van der Waals surface area contributed by atoms with E-state index in [4.69, 9.17) is 0 Å². The minimum absolute atomic E-state index is 0.161. The molecule has 2 aromatic carbocycles. The lowest BCUT2D eigenvalue weighted by molar-refractivity contribution is 1.17. The molecule has 0 aliphatic heterocycles. The average Bonchev–Trinajstić information content (AvgIpc) is 2.84. The van der Waals surface area contributed by atoms with Crippen molar-refractivity contribution in [1.29, 1.82) is 0 Å². The summed E-state index contributed by atoms with van der Waals surface area (Å²) < 4.78 is 2.09. The van der Waals surface area contributed by atoms with Crippen LogP contribution in [0.1, 0.15) is 4.88 Å². The number of benzene rings is 2. The molecule has 0 aliphatic rings. The van der Waals surface area contributed by atoms with Gasteiger partial charge in [0.15, 0.2) is 4.96 Å². The fraction of sp³-hybridized carbons (Fsp3) is 0.0588. The summed E-state index contributed by atoms with van der Waals surface area (Å²) >= 11 is 1.55. The number of fused-ring (bicyclic) bond motifs is 3. The summed E-state index contributed by atoms with van der Waals surface area (Å²) in [5, 5.41) is 0.657. The largest absolute Gasteiger partial charge is 0.284 e. The van der Waals surface area contributed by atoms with Gasteiger partial charge in [0.05, 0.1) is 16.6 Å². The number of nitrogens with zero attached hydrogens (tertiary/aromatic N) is 2. The smallest absolute Gasteiger partial charge is 0.281 e. The fourth-order valence-corrected chi connectivity index (χ4v) is 3.69. The van der Waals surface area contributed by atoms with Crippen LogP contribution in [0, 0.1) is 6.92 Å². The van der Waals surface area contributed by atoms with Crippen molar-refractivity contribution in [3.8, 4) is 11.3 Å². The van der Waals surface area contributed by atoms with Crippen molar-refractivity contribution >= 4 is 27.2 Å². The van der Waals surface area contributed by atoms with Crippen LogP contribution in [0.25, 0.3) is 27.1 Å². The normalized spacial score (nSPS) is 11.3. The zero-order chi connectivity index (χ0) is 14.4. The van der Waals surface area contributed by atoms with Crippen LogP contribution in [-0.4, -0.2) is 9.38 Å². The predicted molar refractivity (Wildman–Crippen MR) is 87.0 cm³/mol. The van der Waals surface area contributed by atoms with E-state index >= 15 is 0 Å². The number of para-hydroxylation sites is 1. The van der Waals surface area contributed by atoms with Crippen molar-refractivity contribution in [2.24, 2.45) is 0 Å². The van der Waals surface area contributed by atoms with Crippen molar-refractivity contribution < 1.29 is 0 Å². The molecule has 2 heterocycles. The maximum absolute atomic E-state index is 12.1. The molecule has 4 rings (SSSR count). The van der Waals surface area contributed by atoms with Crippen LogP contribution in [-0.2, 0) is 0 Å². The minimum Gasteiger partial charge on any atom is -0.284 e. The Labute approximate surface area is 125 Å². The second-order valence-corrected chi connectivity index (χ2v) is 6.11. The number of thiazole rings is 1. The molecule has 102 valence electrons. The van der Waals surface area contributed by atoms with Gasteiger partial charge >= 0.3 is 0 Å². The van der Waals surface area contributed by atoms with Crippen LogP contribution in [0.2, 0.25) is 0 Å². The van der Waals surface area contributed by atoms with Gasteiger partial charge in [0.25, 0.3) is 5.56 Å². The zero-order valence-electron chi connectivity index (χ0n) is 11.4. The minimum atomic E-state index is -0.161. The molecule has 0 aliphatic carbocycles. The standard InChI is InChI=1S/C17H12N2OS/c1-11-15(12-7-3-2-4-8-12)19-14-10-6-5-9-13(14)16(20)18-17(19)21-11/h2-10H,1H3. The van der Waals surface area contributed by atoms with Gasteiger partial charge in [-0.2, -0.15) is 4.98 Å². The van der Waals surface area contributed by atoms with E-state index in [-0.39, 0.29) is 5.56 Å². The zero-order valence-corrected chi connectivity index (χ0v) is 12.2. The van der Waals surface area contributed by atoms with Crippen LogP contribution >= 0.6 is 11.3 Å². The first-order chi connectivity index (χ1) is 10.3. The highest BCUT2D eigenvalue weighted by atomic mass is 32.1. The fourth-order valence-electron chi connectivity index (χ4n) is 2.71. The van der Waals surface area contributed by atoms with Gasteiger partial charge in [-0.15, -0.1) is 11.3 Å². The lowest BCUT2D eigenvalue weighted by Gasteiger charge is -2.06. The summed E-state index contributed by atoms with van der Waals surface area (Å²) in [4.78, 5) is 18.3. The highest BCUT2D eigenvalue weighted by Gasteiger charge is 2.14. The Balaban J connectivity index is 2.25. The molecule has 21 heavy (non-hydrogen) atoms. The van der Waals surface area contributed by atoms with Gasteiger partial charge in [0, 0.05) is 4.88 Å². The van der Waals surface area contributed by atoms with E-state index in [1.165, 1.54) is 0 Å². The highest BCUT2D eigenvalue weighted by Crippen LogP contribution is 2.32. The molecule has 0 spiro atoms. The van der Waals surface area contributed by atoms with Crippen molar-refractivity contribution in [2.45, 2.75) is 6.92 Å². The Morgan fingerprint density at radius 1 is 1.00 bits per heavy atom. The first-order valence-corrected chi connectivity index (χ1v) is 7.53. The number of aryl methyl sites for hydroxylation is 1. The second-order valence-electron chi connectivity index (χ2n) is 4.92. The average molecular weight is 292 g/mol. The SMILES string of the molecule is Cc1sc2nc(=O)c3ccccc3n2c1-c1ccccc1. The third-order valence-electron chi connectivity index (χ3n) is 3.61. The molecule has 0 atom stereocenters. The highest BCUT2D eigenvalue weighted by molar-refractivity contribution is 7.17. The molecule has 0 bridgehead atoms. The Hall–Kier alpha value is -2.46. The summed E-state index contributed by atoms with van der Waals surface area (Å²) in [7, 11) is 0. The molecule has 2 aromatic heterocycles. The Kier molecular flexibility index (Phi) is 2.65. The predicted octanol–water partition coefficient (Wildman–Crippen LogP) is 3.88. The van der Waals surface area contributed by atoms with E-state index < -0.39 is 0 Å². The first-order valence-electron chi connectivity index (χ1n) is 6.72. The molecule has 3 nitrogen and oxygen atoms in total. The Bertz CT molecular complexity index is 1020. The number of rotatable bonds is 1. The van der Waals surface area contributed by atoms with Gasteiger partial charge in [0.2, 0.25) is 0 Å². The van der Waals surface area contributed by atoms with Crippen LogP contribution < -0.4 is 5.56 Å². The monoisotopic (exact) mass is 292 g/mol. The van der Waals surface area contributed by atoms with E-state index in [1.807, 2.05) is 42.5 Å². The molecule has 0 fully saturated rings. The van der Waals surface area contributed by atoms with Crippen molar-refractivity contribution in [3.05, 3.63) is 69.8 Å². The van der Waals surface area contributed by atoms with Crippen LogP contribution in [0.15, 0.2) is 59.4 Å². The summed E-state index contributed by atoms with van der Waals surface area (Å²) in [5.74, 6) is 0. The number of hydrogen-bond donors (Lipinski definition) is 0. The lowest BCUT2D eigenvalue weighted by atomic mass is 10.1. The topological polar surface area (TPSA) is 34.4 Å². The second kappa shape index (κ2) is 4.53. The Morgan fingerprint density at radius 2 is 1.71 bits per heavy atom. The van der Waals surface area contributed by atoms with Gasteiger partial charge in [-0.1, -0.05) is 42.5 Å². The molecule has 0 radical (unpaired) electrons. The quantitative estimate of drug-likeness (QED) is 0.533. The molecular weight excluding hydrogens is 280 g/mol. The number of hydrogen-bond acceptors (Lipinski definition) is 3. The van der Waals surface area contributed by atoms with E-state index in [9.17, 15) is 4.79 Å². The number of aromatic nitrogens is 2. The van der Waals surface area contributed by atoms with Crippen molar-refractivity contribution in [1.82, 2.24) is 9.38 Å². The summed E-state index contributed by atoms with van der Waals surface area (Å²) in [6.07, 6.45) is 0. The molecule has 0 N–H and O–H groups in total. The van der Waals surface area contributed by atoms with Gasteiger partial charge < -0.3 is 0 Å². The third kappa shape index (κ3) is 1.80. The maximum Gasteiger partial charge on any atom is 0.281 e. The van der Waals surface area contributed by atoms with E-state index in [2.05, 4.69) is 28.4 Å². The lowest BCUT2D eigenvalue weighted by Crippen LogP contribution is -2.09. The Morgan fingerprint density at radius 3 is 2.52 bits per heavy atom. The van der Waals surface area contributed by atoms with Gasteiger partial charge in [0.1, 0.15) is 0 Å². The molecule has 4 heteroatoms. The summed E-state index contributed by atoms with van der Waals surface area (Å²) in [6, 6.07) is 17.9. The van der Waals surface area contributed by atoms with Gasteiger partial charge in [-0.25, -0.2) is 0 Å². The van der Waals surface area contributed by atoms with E-state index in [0.29, 0.717) is 5.39 Å². The van der Waals surface area contributed by atoms with E-state index in [1.54, 1.807) is 11.3 Å². The molecule has 4 aromatic rings. The first kappa shape index (κ1) is 12.3. The van der Waals surface area contributed by atoms with Gasteiger partial charge in [-0.3, -0.25) is 9.20 Å². The van der Waals surface area contributed by atoms with Crippen LogP contribution in [0.3, 0.4) is 0 Å². The van der Waals surface area contributed by atoms with Crippen molar-refractivity contribution in [2.75, 3.05) is 0 Å².